The van der Waals surface area contributed by atoms with Crippen molar-refractivity contribution < 1.29 is 49.6 Å². The zero-order valence-corrected chi connectivity index (χ0v) is 13.4. The summed E-state index contributed by atoms with van der Waals surface area (Å²) in [6.07, 6.45) is -8.57. The van der Waals surface area contributed by atoms with Gasteiger partial charge in [-0.1, -0.05) is 0 Å². The van der Waals surface area contributed by atoms with Crippen LogP contribution in [0.4, 0.5) is 0 Å². The van der Waals surface area contributed by atoms with Crippen molar-refractivity contribution >= 4 is 0 Å². The highest BCUT2D eigenvalue weighted by Gasteiger charge is 2.75. The van der Waals surface area contributed by atoms with Crippen LogP contribution in [0, 0.1) is 11.8 Å². The molecule has 10 heteroatoms. The molecule has 0 aromatic heterocycles. The van der Waals surface area contributed by atoms with E-state index in [1.165, 1.54) is 0 Å². The number of aliphatic hydroxyl groups excluding tert-OH is 6. The highest BCUT2D eigenvalue weighted by atomic mass is 16.8. The Bertz CT molecular complexity index is 503. The summed E-state index contributed by atoms with van der Waals surface area (Å²) in [7, 11) is 0. The number of aliphatic hydroxyl groups is 6. The summed E-state index contributed by atoms with van der Waals surface area (Å²) in [4.78, 5) is 0. The van der Waals surface area contributed by atoms with Gasteiger partial charge in [-0.25, -0.2) is 0 Å². The van der Waals surface area contributed by atoms with Crippen LogP contribution in [0.5, 0.6) is 0 Å². The van der Waals surface area contributed by atoms with Gasteiger partial charge in [-0.2, -0.15) is 0 Å². The second-order valence-electron chi connectivity index (χ2n) is 7.19. The third-order valence-corrected chi connectivity index (χ3v) is 5.94. The van der Waals surface area contributed by atoms with Gasteiger partial charge >= 0.3 is 0 Å². The van der Waals surface area contributed by atoms with Crippen LogP contribution in [0.1, 0.15) is 6.42 Å². The van der Waals surface area contributed by atoms with Crippen LogP contribution in [0.3, 0.4) is 0 Å². The number of epoxide rings is 1. The van der Waals surface area contributed by atoms with E-state index in [-0.39, 0.29) is 12.5 Å². The summed E-state index contributed by atoms with van der Waals surface area (Å²) in [6.45, 7) is -0.546. The molecule has 4 aliphatic rings. The summed E-state index contributed by atoms with van der Waals surface area (Å²) in [5.74, 6) is -0.645. The fourth-order valence-electron chi connectivity index (χ4n) is 4.50. The number of rotatable bonds is 4. The third kappa shape index (κ3) is 2.56. The van der Waals surface area contributed by atoms with E-state index in [1.807, 2.05) is 0 Å². The van der Waals surface area contributed by atoms with E-state index < -0.39 is 67.3 Å². The predicted molar refractivity (Wildman–Crippen MR) is 76.9 cm³/mol. The first-order valence-electron chi connectivity index (χ1n) is 8.49. The topological polar surface area (TPSA) is 162 Å². The van der Waals surface area contributed by atoms with E-state index in [2.05, 4.69) is 0 Å². The number of fused-ring (bicyclic) bond motifs is 3. The zero-order valence-electron chi connectivity index (χ0n) is 13.4. The fourth-order valence-corrected chi connectivity index (χ4v) is 4.50. The summed E-state index contributed by atoms with van der Waals surface area (Å²) < 4.78 is 22.2. The van der Waals surface area contributed by atoms with E-state index >= 15 is 0 Å². The van der Waals surface area contributed by atoms with Gasteiger partial charge in [0.25, 0.3) is 0 Å². The van der Waals surface area contributed by atoms with Crippen molar-refractivity contribution in [3.05, 3.63) is 0 Å². The highest BCUT2D eigenvalue weighted by Crippen LogP contribution is 2.60. The predicted octanol–water partition coefficient (Wildman–Crippen LogP) is -3.71. The maximum atomic E-state index is 10.3. The van der Waals surface area contributed by atoms with Crippen molar-refractivity contribution in [3.8, 4) is 0 Å². The van der Waals surface area contributed by atoms with Crippen molar-refractivity contribution in [3.63, 3.8) is 0 Å². The molecule has 11 unspecified atom stereocenters. The standard InChI is InChI=1S/C15H24O10/c16-3-6-9(19)10(20)11(21)14(23-6)24-13-7-5(1-2-22-13)8(18)12-15(7,4-17)25-12/h5-14,16-21H,1-4H2. The SMILES string of the molecule is OCC1OC(OC2OCCC3C(O)C4OC4(CO)C23)C(O)C(O)C1O. The monoisotopic (exact) mass is 364 g/mol. The van der Waals surface area contributed by atoms with Crippen molar-refractivity contribution in [2.45, 2.75) is 61.2 Å². The Morgan fingerprint density at radius 1 is 0.960 bits per heavy atom. The van der Waals surface area contributed by atoms with Gasteiger partial charge in [0, 0.05) is 11.8 Å². The number of ether oxygens (including phenoxy) is 4. The second kappa shape index (κ2) is 6.34. The van der Waals surface area contributed by atoms with Crippen LogP contribution in [-0.2, 0) is 18.9 Å². The summed E-state index contributed by atoms with van der Waals surface area (Å²) >= 11 is 0. The Hall–Kier alpha value is -0.400. The molecule has 0 aromatic rings. The molecular weight excluding hydrogens is 340 g/mol. The molecule has 3 aliphatic heterocycles. The van der Waals surface area contributed by atoms with Crippen LogP contribution in [0.2, 0.25) is 0 Å². The minimum absolute atomic E-state index is 0.186. The van der Waals surface area contributed by atoms with Crippen molar-refractivity contribution in [2.24, 2.45) is 11.8 Å². The molecule has 1 aliphatic carbocycles. The Morgan fingerprint density at radius 3 is 2.40 bits per heavy atom. The van der Waals surface area contributed by atoms with E-state index in [1.54, 1.807) is 0 Å². The van der Waals surface area contributed by atoms with Gasteiger partial charge in [0.15, 0.2) is 12.6 Å². The van der Waals surface area contributed by atoms with Crippen molar-refractivity contribution in [1.29, 1.82) is 0 Å². The maximum Gasteiger partial charge on any atom is 0.189 e. The molecule has 0 amide bonds. The lowest BCUT2D eigenvalue weighted by atomic mass is 9.83. The minimum atomic E-state index is -1.55. The van der Waals surface area contributed by atoms with Crippen LogP contribution in [0.25, 0.3) is 0 Å². The van der Waals surface area contributed by atoms with Gasteiger partial charge in [-0.15, -0.1) is 0 Å². The summed E-state index contributed by atoms with van der Waals surface area (Å²) in [6, 6.07) is 0. The lowest BCUT2D eigenvalue weighted by molar-refractivity contribution is -0.356. The van der Waals surface area contributed by atoms with Gasteiger partial charge in [0.05, 0.1) is 25.9 Å². The van der Waals surface area contributed by atoms with E-state index in [9.17, 15) is 30.6 Å². The van der Waals surface area contributed by atoms with Crippen LogP contribution >= 0.6 is 0 Å². The summed E-state index contributed by atoms with van der Waals surface area (Å²) in [5.41, 5.74) is -0.941. The van der Waals surface area contributed by atoms with Gasteiger partial charge in [0.1, 0.15) is 36.1 Å². The molecule has 10 nitrogen and oxygen atoms in total. The minimum Gasteiger partial charge on any atom is -0.394 e. The normalized spacial score (nSPS) is 57.8. The van der Waals surface area contributed by atoms with Crippen LogP contribution < -0.4 is 0 Å². The average molecular weight is 364 g/mol. The van der Waals surface area contributed by atoms with E-state index in [0.717, 1.165) is 0 Å². The Balaban J connectivity index is 1.52. The average Bonchev–Trinajstić information content (AvgIpc) is 3.31. The Labute approximate surface area is 143 Å². The van der Waals surface area contributed by atoms with Crippen molar-refractivity contribution in [1.82, 2.24) is 0 Å². The van der Waals surface area contributed by atoms with Gasteiger partial charge < -0.3 is 49.6 Å². The quantitative estimate of drug-likeness (QED) is 0.274. The molecule has 0 aromatic carbocycles. The molecule has 3 heterocycles. The second-order valence-corrected chi connectivity index (χ2v) is 7.19. The molecule has 144 valence electrons. The molecule has 4 fully saturated rings. The first-order valence-corrected chi connectivity index (χ1v) is 8.49. The van der Waals surface area contributed by atoms with Gasteiger partial charge in [-0.05, 0) is 6.42 Å². The highest BCUT2D eigenvalue weighted by molar-refractivity contribution is 5.21. The molecule has 11 atom stereocenters. The summed E-state index contributed by atoms with van der Waals surface area (Å²) in [5, 5.41) is 59.1. The number of hydrogen-bond donors (Lipinski definition) is 6. The van der Waals surface area contributed by atoms with Gasteiger partial charge in [-0.3, -0.25) is 0 Å². The van der Waals surface area contributed by atoms with Crippen LogP contribution in [-0.4, -0.2) is 105 Å². The maximum absolute atomic E-state index is 10.3. The Morgan fingerprint density at radius 2 is 1.72 bits per heavy atom. The third-order valence-electron chi connectivity index (χ3n) is 5.94. The first-order chi connectivity index (χ1) is 11.9. The lowest BCUT2D eigenvalue weighted by Gasteiger charge is -2.44. The van der Waals surface area contributed by atoms with Crippen molar-refractivity contribution in [2.75, 3.05) is 19.8 Å². The molecule has 0 spiro atoms. The smallest absolute Gasteiger partial charge is 0.189 e. The molecule has 0 bridgehead atoms. The van der Waals surface area contributed by atoms with E-state index in [4.69, 9.17) is 18.9 Å². The molecule has 6 N–H and O–H groups in total. The number of hydrogen-bond acceptors (Lipinski definition) is 10. The largest absolute Gasteiger partial charge is 0.394 e. The first kappa shape index (κ1) is 18.0. The van der Waals surface area contributed by atoms with Gasteiger partial charge in [0.2, 0.25) is 0 Å². The lowest BCUT2D eigenvalue weighted by Crippen LogP contribution is -2.61. The van der Waals surface area contributed by atoms with E-state index in [0.29, 0.717) is 13.0 Å². The molecule has 4 rings (SSSR count). The molecular formula is C15H24O10. The molecule has 3 saturated heterocycles. The fraction of sp³-hybridized carbons (Fsp3) is 1.00. The Kier molecular flexibility index (Phi) is 4.56. The molecule has 25 heavy (non-hydrogen) atoms. The zero-order chi connectivity index (χ0) is 17.9. The molecule has 0 radical (unpaired) electrons. The van der Waals surface area contributed by atoms with Crippen LogP contribution in [0.15, 0.2) is 0 Å². The molecule has 1 saturated carbocycles.